The molecule has 1 aliphatic rings. The van der Waals surface area contributed by atoms with Crippen LogP contribution in [0.1, 0.15) is 33.4 Å². The van der Waals surface area contributed by atoms with Crippen LogP contribution in [0.4, 0.5) is 0 Å². The fourth-order valence-corrected chi connectivity index (χ4v) is 1.73. The van der Waals surface area contributed by atoms with Gasteiger partial charge >= 0.3 is 5.84 Å². The molecule has 1 aromatic rings. The van der Waals surface area contributed by atoms with Crippen LogP contribution in [-0.2, 0) is 5.21 Å². The summed E-state index contributed by atoms with van der Waals surface area (Å²) in [5, 5.41) is 25.2. The van der Waals surface area contributed by atoms with E-state index in [-0.39, 0.29) is 5.84 Å². The molecule has 0 atom stereocenters. The molecule has 0 aliphatic carbocycles. The molecule has 0 aromatic carbocycles. The van der Waals surface area contributed by atoms with E-state index in [2.05, 4.69) is 9.97 Å². The van der Waals surface area contributed by atoms with Gasteiger partial charge in [-0.1, -0.05) is 5.06 Å². The standard InChI is InChI=1S/C11H15N4O2/c1-10(2)11(3,4)15(17)9(14(10)16)8-7-12-5-6-13-8/h5-7H,1-4H3. The van der Waals surface area contributed by atoms with Gasteiger partial charge in [0.05, 0.1) is 6.20 Å². The van der Waals surface area contributed by atoms with Gasteiger partial charge in [0.1, 0.15) is 5.54 Å². The van der Waals surface area contributed by atoms with E-state index in [0.29, 0.717) is 5.69 Å². The van der Waals surface area contributed by atoms with E-state index in [9.17, 15) is 10.4 Å². The molecule has 2 rings (SSSR count). The van der Waals surface area contributed by atoms with Crippen molar-refractivity contribution in [2.45, 2.75) is 38.8 Å². The molecule has 0 saturated carbocycles. The summed E-state index contributed by atoms with van der Waals surface area (Å²) >= 11 is 0. The zero-order valence-electron chi connectivity index (χ0n) is 10.3. The lowest BCUT2D eigenvalue weighted by atomic mass is 9.84. The molecular formula is C11H15N4O2. The second-order valence-corrected chi connectivity index (χ2v) is 5.12. The lowest BCUT2D eigenvalue weighted by Crippen LogP contribution is -2.53. The average Bonchev–Trinajstić information content (AvgIpc) is 2.40. The minimum absolute atomic E-state index is 0.0214. The third kappa shape index (κ3) is 1.40. The van der Waals surface area contributed by atoms with Gasteiger partial charge in [-0.25, -0.2) is 4.98 Å². The molecule has 0 amide bonds. The van der Waals surface area contributed by atoms with Crippen molar-refractivity contribution in [3.63, 3.8) is 0 Å². The zero-order chi connectivity index (χ0) is 12.8. The fourth-order valence-electron chi connectivity index (χ4n) is 1.73. The van der Waals surface area contributed by atoms with Crippen molar-refractivity contribution in [1.29, 1.82) is 0 Å². The lowest BCUT2D eigenvalue weighted by molar-refractivity contribution is -0.539. The molecule has 1 radical (unpaired) electrons. The smallest absolute Gasteiger partial charge is 0.337 e. The summed E-state index contributed by atoms with van der Waals surface area (Å²) in [5.41, 5.74) is -1.33. The van der Waals surface area contributed by atoms with Gasteiger partial charge in [-0.05, 0) is 27.7 Å². The monoisotopic (exact) mass is 235 g/mol. The summed E-state index contributed by atoms with van der Waals surface area (Å²) in [4.78, 5) is 7.89. The molecule has 0 fully saturated rings. The predicted molar refractivity (Wildman–Crippen MR) is 60.5 cm³/mol. The Hall–Kier alpha value is -1.69. The van der Waals surface area contributed by atoms with Gasteiger partial charge in [-0.3, -0.25) is 9.72 Å². The molecule has 0 unspecified atom stereocenters. The Morgan fingerprint density at radius 1 is 1.29 bits per heavy atom. The van der Waals surface area contributed by atoms with Gasteiger partial charge in [0.15, 0.2) is 11.2 Å². The van der Waals surface area contributed by atoms with Crippen LogP contribution >= 0.6 is 0 Å². The van der Waals surface area contributed by atoms with Gasteiger partial charge in [0.2, 0.25) is 0 Å². The minimum Gasteiger partial charge on any atom is -0.714 e. The maximum atomic E-state index is 12.2. The highest BCUT2D eigenvalue weighted by atomic mass is 16.5. The first-order valence-electron chi connectivity index (χ1n) is 5.38. The molecule has 1 aromatic heterocycles. The average molecular weight is 235 g/mol. The summed E-state index contributed by atoms with van der Waals surface area (Å²) in [5.74, 6) is 0.0214. The first-order valence-corrected chi connectivity index (χ1v) is 5.38. The first-order chi connectivity index (χ1) is 7.80. The molecular weight excluding hydrogens is 220 g/mol. The Balaban J connectivity index is 2.59. The first kappa shape index (κ1) is 11.8. The van der Waals surface area contributed by atoms with Crippen molar-refractivity contribution >= 4 is 5.84 Å². The van der Waals surface area contributed by atoms with Gasteiger partial charge in [-0.15, -0.1) is 0 Å². The molecule has 0 bridgehead atoms. The van der Waals surface area contributed by atoms with E-state index in [1.54, 1.807) is 27.7 Å². The van der Waals surface area contributed by atoms with E-state index in [1.807, 2.05) is 0 Å². The highest BCUT2D eigenvalue weighted by Gasteiger charge is 2.60. The van der Waals surface area contributed by atoms with Gasteiger partial charge in [0, 0.05) is 17.6 Å². The van der Waals surface area contributed by atoms with E-state index in [1.165, 1.54) is 18.6 Å². The Morgan fingerprint density at radius 3 is 2.35 bits per heavy atom. The van der Waals surface area contributed by atoms with Crippen LogP contribution in [0, 0.1) is 5.21 Å². The second-order valence-electron chi connectivity index (χ2n) is 5.12. The Bertz CT molecular complexity index is 468. The van der Waals surface area contributed by atoms with Crippen molar-refractivity contribution in [2.24, 2.45) is 0 Å². The molecule has 6 heteroatoms. The van der Waals surface area contributed by atoms with Gasteiger partial charge in [-0.2, -0.15) is 0 Å². The summed E-state index contributed by atoms with van der Waals surface area (Å²) in [6.45, 7) is 6.98. The summed E-state index contributed by atoms with van der Waals surface area (Å²) in [7, 11) is 0. The minimum atomic E-state index is -0.818. The highest BCUT2D eigenvalue weighted by Crippen LogP contribution is 2.36. The molecule has 2 heterocycles. The summed E-state index contributed by atoms with van der Waals surface area (Å²) < 4.78 is 0.726. The van der Waals surface area contributed by atoms with Crippen molar-refractivity contribution in [2.75, 3.05) is 0 Å². The van der Waals surface area contributed by atoms with Crippen LogP contribution in [0.15, 0.2) is 18.6 Å². The van der Waals surface area contributed by atoms with Crippen LogP contribution in [-0.4, -0.2) is 36.7 Å². The van der Waals surface area contributed by atoms with Gasteiger partial charge < -0.3 is 5.21 Å². The summed E-state index contributed by atoms with van der Waals surface area (Å²) in [6, 6.07) is 0. The zero-order valence-corrected chi connectivity index (χ0v) is 10.3. The highest BCUT2D eigenvalue weighted by molar-refractivity contribution is 5.93. The number of hydrogen-bond donors (Lipinski definition) is 0. The molecule has 0 N–H and O–H groups in total. The van der Waals surface area contributed by atoms with Crippen molar-refractivity contribution in [3.8, 4) is 0 Å². The van der Waals surface area contributed by atoms with Crippen LogP contribution in [0.3, 0.4) is 0 Å². The third-order valence-electron chi connectivity index (χ3n) is 3.69. The number of hydrogen-bond acceptors (Lipinski definition) is 4. The topological polar surface area (TPSA) is 75.0 Å². The van der Waals surface area contributed by atoms with E-state index < -0.39 is 11.1 Å². The van der Waals surface area contributed by atoms with E-state index in [0.717, 1.165) is 9.80 Å². The molecule has 91 valence electrons. The Morgan fingerprint density at radius 2 is 1.94 bits per heavy atom. The Kier molecular flexibility index (Phi) is 2.36. The van der Waals surface area contributed by atoms with Crippen LogP contribution in [0.2, 0.25) is 0 Å². The molecule has 0 saturated heterocycles. The number of nitrogens with zero attached hydrogens (tertiary/aromatic N) is 4. The molecule has 1 aliphatic heterocycles. The normalized spacial score (nSPS) is 22.1. The van der Waals surface area contributed by atoms with Crippen LogP contribution in [0.25, 0.3) is 0 Å². The van der Waals surface area contributed by atoms with Gasteiger partial charge in [0.25, 0.3) is 0 Å². The van der Waals surface area contributed by atoms with Crippen LogP contribution < -0.4 is 0 Å². The number of hydroxylamine groups is 3. The van der Waals surface area contributed by atoms with E-state index in [4.69, 9.17) is 0 Å². The molecule has 17 heavy (non-hydrogen) atoms. The second kappa shape index (κ2) is 3.40. The van der Waals surface area contributed by atoms with E-state index >= 15 is 0 Å². The quantitative estimate of drug-likeness (QED) is 0.536. The Labute approximate surface area is 99.8 Å². The van der Waals surface area contributed by atoms with Crippen LogP contribution in [0.5, 0.6) is 0 Å². The van der Waals surface area contributed by atoms with Crippen molar-refractivity contribution in [1.82, 2.24) is 15.0 Å². The fraction of sp³-hybridized carbons (Fsp3) is 0.545. The number of rotatable bonds is 1. The largest absolute Gasteiger partial charge is 0.714 e. The molecule has 0 spiro atoms. The lowest BCUT2D eigenvalue weighted by Gasteiger charge is -2.32. The SMILES string of the molecule is CC1(C)N([O])C(c2cnccn2)=[N+]([O-])C1(C)C. The van der Waals surface area contributed by atoms with Crippen molar-refractivity contribution in [3.05, 3.63) is 29.5 Å². The molecule has 6 nitrogen and oxygen atoms in total. The third-order valence-corrected chi connectivity index (χ3v) is 3.69. The maximum absolute atomic E-state index is 12.2. The maximum Gasteiger partial charge on any atom is 0.337 e. The van der Waals surface area contributed by atoms with Crippen molar-refractivity contribution < 1.29 is 9.95 Å². The number of aromatic nitrogens is 2. The predicted octanol–water partition coefficient (Wildman–Crippen LogP) is 0.952. The summed E-state index contributed by atoms with van der Waals surface area (Å²) in [6.07, 6.45) is 4.38. The number of amidine groups is 1.